The van der Waals surface area contributed by atoms with Crippen LogP contribution < -0.4 is 19.7 Å². The first-order valence-corrected chi connectivity index (χ1v) is 15.3. The lowest BCUT2D eigenvalue weighted by Crippen LogP contribution is -2.33. The Morgan fingerprint density at radius 3 is 2.38 bits per heavy atom. The highest BCUT2D eigenvalue weighted by Crippen LogP contribution is 2.45. The Morgan fingerprint density at radius 2 is 1.71 bits per heavy atom. The van der Waals surface area contributed by atoms with Gasteiger partial charge in [-0.25, -0.2) is 0 Å². The molecule has 0 bridgehead atoms. The second-order valence-electron chi connectivity index (χ2n) is 11.9. The van der Waals surface area contributed by atoms with Crippen LogP contribution in [0.15, 0.2) is 48.5 Å². The Kier molecular flexibility index (Phi) is 7.95. The van der Waals surface area contributed by atoms with E-state index in [1.165, 1.54) is 22.3 Å². The van der Waals surface area contributed by atoms with E-state index in [1.807, 2.05) is 4.90 Å². The number of fused-ring (bicyclic) bond motifs is 1. The molecule has 1 unspecified atom stereocenters. The first-order valence-electron chi connectivity index (χ1n) is 15.3. The van der Waals surface area contributed by atoms with Crippen LogP contribution in [0.3, 0.4) is 0 Å². The molecule has 3 aromatic rings. The SMILES string of the molecule is CCc1cc(C)cc(CC)c1NC(=O)CN1C[C@H](c2cc(C)c3c(c2)OCO3)CC1c1ccc(N2CCCC2=O)cc1. The van der Waals surface area contributed by atoms with Crippen LogP contribution in [0.4, 0.5) is 11.4 Å². The van der Waals surface area contributed by atoms with Crippen molar-refractivity contribution in [2.24, 2.45) is 0 Å². The van der Waals surface area contributed by atoms with Gasteiger partial charge in [-0.2, -0.15) is 0 Å². The molecule has 0 saturated carbocycles. The number of hydrogen-bond donors (Lipinski definition) is 1. The number of benzene rings is 3. The summed E-state index contributed by atoms with van der Waals surface area (Å²) in [6.45, 7) is 10.5. The van der Waals surface area contributed by atoms with Crippen molar-refractivity contribution in [3.63, 3.8) is 0 Å². The summed E-state index contributed by atoms with van der Waals surface area (Å²) < 4.78 is 11.4. The van der Waals surface area contributed by atoms with E-state index >= 15 is 0 Å². The van der Waals surface area contributed by atoms with Gasteiger partial charge in [-0.05, 0) is 91.5 Å². The van der Waals surface area contributed by atoms with Gasteiger partial charge >= 0.3 is 0 Å². The van der Waals surface area contributed by atoms with Gasteiger partial charge in [0.2, 0.25) is 18.6 Å². The molecule has 2 atom stereocenters. The predicted molar refractivity (Wildman–Crippen MR) is 166 cm³/mol. The fourth-order valence-corrected chi connectivity index (χ4v) is 6.94. The summed E-state index contributed by atoms with van der Waals surface area (Å²) in [5.74, 6) is 2.07. The van der Waals surface area contributed by atoms with Gasteiger partial charge in [-0.1, -0.05) is 49.7 Å². The van der Waals surface area contributed by atoms with Gasteiger partial charge in [-0.3, -0.25) is 14.5 Å². The van der Waals surface area contributed by atoms with Crippen LogP contribution in [0.2, 0.25) is 0 Å². The van der Waals surface area contributed by atoms with E-state index in [0.717, 1.165) is 72.8 Å². The fourth-order valence-electron chi connectivity index (χ4n) is 6.94. The number of nitrogens with one attached hydrogen (secondary N) is 1. The molecule has 2 fully saturated rings. The van der Waals surface area contributed by atoms with Crippen LogP contribution in [0, 0.1) is 13.8 Å². The van der Waals surface area contributed by atoms with E-state index in [9.17, 15) is 9.59 Å². The fraction of sp³-hybridized carbons (Fsp3) is 0.429. The van der Waals surface area contributed by atoms with Crippen LogP contribution in [0.5, 0.6) is 11.5 Å². The van der Waals surface area contributed by atoms with E-state index in [-0.39, 0.29) is 30.6 Å². The van der Waals surface area contributed by atoms with Crippen molar-refractivity contribution in [1.82, 2.24) is 4.90 Å². The Balaban J connectivity index is 1.27. The average Bonchev–Trinajstić information content (AvgIpc) is 3.74. The first-order chi connectivity index (χ1) is 20.3. The number of ether oxygens (including phenoxy) is 2. The Morgan fingerprint density at radius 1 is 0.976 bits per heavy atom. The molecular weight excluding hydrogens is 526 g/mol. The summed E-state index contributed by atoms with van der Waals surface area (Å²) in [5.41, 5.74) is 8.95. The molecule has 0 radical (unpaired) electrons. The number of rotatable bonds is 8. The highest BCUT2D eigenvalue weighted by molar-refractivity contribution is 5.95. The van der Waals surface area contributed by atoms with Crippen LogP contribution in [0.1, 0.15) is 78.5 Å². The maximum atomic E-state index is 13.6. The summed E-state index contributed by atoms with van der Waals surface area (Å²) in [7, 11) is 0. The lowest BCUT2D eigenvalue weighted by Gasteiger charge is -2.25. The van der Waals surface area contributed by atoms with Gasteiger partial charge in [0.05, 0.1) is 6.54 Å². The lowest BCUT2D eigenvalue weighted by molar-refractivity contribution is -0.118. The smallest absolute Gasteiger partial charge is 0.238 e. The molecule has 0 spiro atoms. The minimum absolute atomic E-state index is 0.00931. The zero-order valence-corrected chi connectivity index (χ0v) is 25.2. The summed E-state index contributed by atoms with van der Waals surface area (Å²) in [6, 6.07) is 17.1. The van der Waals surface area contributed by atoms with Crippen LogP contribution >= 0.6 is 0 Å². The van der Waals surface area contributed by atoms with Crippen LogP contribution in [-0.2, 0) is 22.4 Å². The topological polar surface area (TPSA) is 71.1 Å². The van der Waals surface area contributed by atoms with Gasteiger partial charge < -0.3 is 19.7 Å². The lowest BCUT2D eigenvalue weighted by atomic mass is 9.92. The van der Waals surface area contributed by atoms with Crippen molar-refractivity contribution in [1.29, 1.82) is 0 Å². The number of carbonyl (C=O) groups is 2. The monoisotopic (exact) mass is 567 g/mol. The predicted octanol–water partition coefficient (Wildman–Crippen LogP) is 6.45. The van der Waals surface area contributed by atoms with Crippen molar-refractivity contribution in [2.45, 2.75) is 71.8 Å². The summed E-state index contributed by atoms with van der Waals surface area (Å²) in [4.78, 5) is 30.1. The highest BCUT2D eigenvalue weighted by Gasteiger charge is 2.36. The number of likely N-dealkylation sites (tertiary alicyclic amines) is 1. The Labute approximate surface area is 248 Å². The zero-order valence-electron chi connectivity index (χ0n) is 25.2. The van der Waals surface area contributed by atoms with Gasteiger partial charge in [0, 0.05) is 36.9 Å². The second kappa shape index (κ2) is 11.8. The average molecular weight is 568 g/mol. The molecule has 2 amide bonds. The molecule has 1 N–H and O–H groups in total. The van der Waals surface area contributed by atoms with E-state index in [4.69, 9.17) is 9.47 Å². The highest BCUT2D eigenvalue weighted by atomic mass is 16.7. The molecule has 3 aromatic carbocycles. The van der Waals surface area contributed by atoms with Crippen LogP contribution in [0.25, 0.3) is 0 Å². The number of aryl methyl sites for hydroxylation is 4. The molecule has 7 heteroatoms. The molecule has 6 rings (SSSR count). The van der Waals surface area contributed by atoms with E-state index in [1.54, 1.807) is 0 Å². The number of amides is 2. The first kappa shape index (κ1) is 28.3. The maximum Gasteiger partial charge on any atom is 0.238 e. The van der Waals surface area contributed by atoms with Crippen molar-refractivity contribution < 1.29 is 19.1 Å². The molecule has 3 heterocycles. The van der Waals surface area contributed by atoms with Crippen molar-refractivity contribution >= 4 is 23.2 Å². The maximum absolute atomic E-state index is 13.6. The summed E-state index contributed by atoms with van der Waals surface area (Å²) in [6.07, 6.45) is 4.15. The summed E-state index contributed by atoms with van der Waals surface area (Å²) in [5, 5.41) is 3.29. The molecule has 3 aliphatic heterocycles. The molecular formula is C35H41N3O4. The second-order valence-corrected chi connectivity index (χ2v) is 11.9. The minimum atomic E-state index is 0.00931. The molecule has 0 aromatic heterocycles. The molecule has 3 aliphatic rings. The van der Waals surface area contributed by atoms with Gasteiger partial charge in [0.25, 0.3) is 0 Å². The normalized spacial score (nSPS) is 20.0. The quantitative estimate of drug-likeness (QED) is 0.339. The number of anilines is 2. The van der Waals surface area contributed by atoms with Crippen molar-refractivity contribution in [3.8, 4) is 11.5 Å². The van der Waals surface area contributed by atoms with E-state index < -0.39 is 0 Å². The Hall–Kier alpha value is -3.84. The van der Waals surface area contributed by atoms with Crippen molar-refractivity contribution in [3.05, 3.63) is 81.9 Å². The van der Waals surface area contributed by atoms with Crippen LogP contribution in [-0.4, -0.2) is 43.1 Å². The molecule has 220 valence electrons. The minimum Gasteiger partial charge on any atom is -0.454 e. The number of carbonyl (C=O) groups excluding carboxylic acids is 2. The van der Waals surface area contributed by atoms with Gasteiger partial charge in [0.15, 0.2) is 11.5 Å². The van der Waals surface area contributed by atoms with Gasteiger partial charge in [-0.15, -0.1) is 0 Å². The molecule has 2 saturated heterocycles. The third kappa shape index (κ3) is 5.50. The van der Waals surface area contributed by atoms with E-state index in [2.05, 4.69) is 86.4 Å². The third-order valence-corrected chi connectivity index (χ3v) is 9.04. The van der Waals surface area contributed by atoms with E-state index in [0.29, 0.717) is 13.0 Å². The van der Waals surface area contributed by atoms with Crippen molar-refractivity contribution in [2.75, 3.05) is 36.6 Å². The number of nitrogens with zero attached hydrogens (tertiary/aromatic N) is 2. The summed E-state index contributed by atoms with van der Waals surface area (Å²) >= 11 is 0. The molecule has 0 aliphatic carbocycles. The zero-order chi connectivity index (χ0) is 29.4. The largest absolute Gasteiger partial charge is 0.454 e. The Bertz CT molecular complexity index is 1470. The molecule has 7 nitrogen and oxygen atoms in total. The number of hydrogen-bond acceptors (Lipinski definition) is 5. The third-order valence-electron chi connectivity index (χ3n) is 9.04. The standard InChI is InChI=1S/C35H41N3O4/c1-5-24-14-22(3)15-25(6-2)34(24)36-32(39)20-37-19-28(27-16-23(4)35-31(18-27)41-21-42-35)17-30(37)26-9-11-29(12-10-26)38-13-7-8-33(38)40/h9-12,14-16,18,28,30H,5-8,13,17,19-21H2,1-4H3,(H,36,39)/t28-,30?/m1/s1. The van der Waals surface area contributed by atoms with Gasteiger partial charge in [0.1, 0.15) is 0 Å². The molecule has 42 heavy (non-hydrogen) atoms.